The lowest BCUT2D eigenvalue weighted by Gasteiger charge is -2.14. The fourth-order valence-corrected chi connectivity index (χ4v) is 3.23. The van der Waals surface area contributed by atoms with Gasteiger partial charge in [0, 0.05) is 5.56 Å². The molecule has 70 valence electrons. The fraction of sp³-hybridized carbons (Fsp3) is 0.636. The summed E-state index contributed by atoms with van der Waals surface area (Å²) in [4.78, 5) is 0. The summed E-state index contributed by atoms with van der Waals surface area (Å²) in [5, 5.41) is 0. The molecule has 13 heavy (non-hydrogen) atoms. The molecule has 2 aliphatic carbocycles. The summed E-state index contributed by atoms with van der Waals surface area (Å²) >= 11 is 0. The van der Waals surface area contributed by atoms with Gasteiger partial charge in [-0.3, -0.25) is 0 Å². The molecule has 0 aliphatic heterocycles. The zero-order chi connectivity index (χ0) is 9.05. The van der Waals surface area contributed by atoms with Crippen LogP contribution in [0.25, 0.3) is 0 Å². The van der Waals surface area contributed by atoms with E-state index in [2.05, 4.69) is 0 Å². The molecule has 2 fully saturated rings. The van der Waals surface area contributed by atoms with Crippen LogP contribution < -0.4 is 5.73 Å². The summed E-state index contributed by atoms with van der Waals surface area (Å²) in [5.74, 6) is 2.49. The largest absolute Gasteiger partial charge is 0.469 e. The second kappa shape index (κ2) is 2.18. The molecule has 0 radical (unpaired) electrons. The predicted molar refractivity (Wildman–Crippen MR) is 50.1 cm³/mol. The summed E-state index contributed by atoms with van der Waals surface area (Å²) < 4.78 is 5.32. The van der Waals surface area contributed by atoms with Gasteiger partial charge in [-0.1, -0.05) is 6.42 Å². The minimum atomic E-state index is -0.0185. The Morgan fingerprint density at radius 3 is 2.69 bits per heavy atom. The van der Waals surface area contributed by atoms with Crippen LogP contribution in [0.15, 0.2) is 16.7 Å². The van der Waals surface area contributed by atoms with Gasteiger partial charge in [-0.25, -0.2) is 0 Å². The Labute approximate surface area is 78.1 Å². The van der Waals surface area contributed by atoms with Gasteiger partial charge in [-0.15, -0.1) is 0 Å². The van der Waals surface area contributed by atoms with E-state index in [1.807, 2.05) is 13.0 Å². The number of hydrogen-bond donors (Lipinski definition) is 1. The van der Waals surface area contributed by atoms with Crippen LogP contribution in [0.5, 0.6) is 0 Å². The van der Waals surface area contributed by atoms with Gasteiger partial charge in [-0.05, 0) is 37.7 Å². The van der Waals surface area contributed by atoms with Gasteiger partial charge in [0.25, 0.3) is 0 Å². The average molecular weight is 177 g/mol. The summed E-state index contributed by atoms with van der Waals surface area (Å²) in [6.07, 6.45) is 5.75. The van der Waals surface area contributed by atoms with Crippen LogP contribution in [0.4, 0.5) is 0 Å². The van der Waals surface area contributed by atoms with Crippen molar-refractivity contribution in [1.29, 1.82) is 0 Å². The zero-order valence-corrected chi connectivity index (χ0v) is 7.92. The highest BCUT2D eigenvalue weighted by Crippen LogP contribution is 2.65. The number of nitrogens with two attached hydrogens (primary N) is 1. The fourth-order valence-electron chi connectivity index (χ4n) is 3.23. The topological polar surface area (TPSA) is 39.2 Å². The van der Waals surface area contributed by atoms with Crippen LogP contribution in [0.3, 0.4) is 0 Å². The first-order valence-electron chi connectivity index (χ1n) is 5.08. The first-order chi connectivity index (χ1) is 6.24. The minimum absolute atomic E-state index is 0.0185. The highest BCUT2D eigenvalue weighted by molar-refractivity contribution is 5.37. The maximum absolute atomic E-state index is 6.40. The van der Waals surface area contributed by atoms with Crippen molar-refractivity contribution in [2.75, 3.05) is 0 Å². The molecule has 0 saturated heterocycles. The van der Waals surface area contributed by atoms with Crippen molar-refractivity contribution in [3.63, 3.8) is 0 Å². The molecular formula is C11H15NO. The highest BCUT2D eigenvalue weighted by atomic mass is 16.3. The van der Waals surface area contributed by atoms with E-state index in [9.17, 15) is 0 Å². The second-order valence-electron chi connectivity index (χ2n) is 4.47. The van der Waals surface area contributed by atoms with Crippen LogP contribution in [0, 0.1) is 18.8 Å². The third kappa shape index (κ3) is 0.773. The molecule has 2 atom stereocenters. The molecule has 2 aliphatic rings. The Morgan fingerprint density at radius 2 is 2.15 bits per heavy atom. The standard InChI is InChI=1S/C11H15NO/c1-7-8(5-6-13-7)11(12)9-3-2-4-10(9)11/h5-6,9-10H,2-4,12H2,1H3. The SMILES string of the molecule is Cc1occc1C1(N)C2CCCC21. The number of furan rings is 1. The Kier molecular flexibility index (Phi) is 1.28. The van der Waals surface area contributed by atoms with Crippen LogP contribution in [-0.4, -0.2) is 0 Å². The van der Waals surface area contributed by atoms with E-state index in [0.29, 0.717) is 0 Å². The van der Waals surface area contributed by atoms with Crippen LogP contribution >= 0.6 is 0 Å². The molecule has 2 nitrogen and oxygen atoms in total. The van der Waals surface area contributed by atoms with Crippen molar-refractivity contribution in [2.24, 2.45) is 17.6 Å². The molecule has 0 bridgehead atoms. The average Bonchev–Trinajstić information content (AvgIpc) is 2.61. The normalized spacial score (nSPS) is 42.0. The van der Waals surface area contributed by atoms with E-state index in [1.54, 1.807) is 6.26 Å². The molecule has 2 heteroatoms. The smallest absolute Gasteiger partial charge is 0.105 e. The van der Waals surface area contributed by atoms with E-state index < -0.39 is 0 Å². The number of rotatable bonds is 1. The Morgan fingerprint density at radius 1 is 1.46 bits per heavy atom. The van der Waals surface area contributed by atoms with Gasteiger partial charge in [0.2, 0.25) is 0 Å². The van der Waals surface area contributed by atoms with Gasteiger partial charge in [-0.2, -0.15) is 0 Å². The molecular weight excluding hydrogens is 162 g/mol. The first kappa shape index (κ1) is 7.63. The summed E-state index contributed by atoms with van der Waals surface area (Å²) in [6.45, 7) is 2.01. The summed E-state index contributed by atoms with van der Waals surface area (Å²) in [6, 6.07) is 2.05. The van der Waals surface area contributed by atoms with Crippen molar-refractivity contribution in [2.45, 2.75) is 31.7 Å². The third-order valence-corrected chi connectivity index (χ3v) is 3.96. The van der Waals surface area contributed by atoms with Gasteiger partial charge < -0.3 is 10.2 Å². The third-order valence-electron chi connectivity index (χ3n) is 3.96. The van der Waals surface area contributed by atoms with Gasteiger partial charge in [0.1, 0.15) is 5.76 Å². The molecule has 0 amide bonds. The van der Waals surface area contributed by atoms with Gasteiger partial charge in [0.15, 0.2) is 0 Å². The van der Waals surface area contributed by atoms with Crippen molar-refractivity contribution >= 4 is 0 Å². The number of aryl methyl sites for hydroxylation is 1. The Balaban J connectivity index is 1.99. The summed E-state index contributed by atoms with van der Waals surface area (Å²) in [7, 11) is 0. The zero-order valence-electron chi connectivity index (χ0n) is 7.92. The molecule has 0 aromatic carbocycles. The van der Waals surface area contributed by atoms with Crippen LogP contribution in [0.1, 0.15) is 30.6 Å². The molecule has 3 rings (SSSR count). The molecule has 2 saturated carbocycles. The van der Waals surface area contributed by atoms with E-state index in [4.69, 9.17) is 10.2 Å². The molecule has 0 spiro atoms. The van der Waals surface area contributed by atoms with E-state index in [-0.39, 0.29) is 5.54 Å². The van der Waals surface area contributed by atoms with Crippen LogP contribution in [-0.2, 0) is 5.54 Å². The minimum Gasteiger partial charge on any atom is -0.469 e. The van der Waals surface area contributed by atoms with Gasteiger partial charge in [0.05, 0.1) is 11.8 Å². The Hall–Kier alpha value is -0.760. The van der Waals surface area contributed by atoms with Crippen molar-refractivity contribution in [3.05, 3.63) is 23.7 Å². The predicted octanol–water partition coefficient (Wildman–Crippen LogP) is 2.17. The van der Waals surface area contributed by atoms with Crippen molar-refractivity contribution < 1.29 is 4.42 Å². The lowest BCUT2D eigenvalue weighted by molar-refractivity contribution is 0.490. The molecule has 2 N–H and O–H groups in total. The van der Waals surface area contributed by atoms with E-state index in [0.717, 1.165) is 17.6 Å². The Bertz CT molecular complexity index is 332. The number of hydrogen-bond acceptors (Lipinski definition) is 2. The van der Waals surface area contributed by atoms with E-state index in [1.165, 1.54) is 24.8 Å². The molecule has 1 heterocycles. The highest BCUT2D eigenvalue weighted by Gasteiger charge is 2.65. The maximum Gasteiger partial charge on any atom is 0.105 e. The lowest BCUT2D eigenvalue weighted by Crippen LogP contribution is -2.25. The van der Waals surface area contributed by atoms with Crippen molar-refractivity contribution in [3.8, 4) is 0 Å². The second-order valence-corrected chi connectivity index (χ2v) is 4.47. The first-order valence-corrected chi connectivity index (χ1v) is 5.08. The monoisotopic (exact) mass is 177 g/mol. The lowest BCUT2D eigenvalue weighted by atomic mass is 9.97. The number of fused-ring (bicyclic) bond motifs is 1. The van der Waals surface area contributed by atoms with Crippen molar-refractivity contribution in [1.82, 2.24) is 0 Å². The quantitative estimate of drug-likeness (QED) is 0.714. The van der Waals surface area contributed by atoms with Crippen LogP contribution in [0.2, 0.25) is 0 Å². The summed E-state index contributed by atoms with van der Waals surface area (Å²) in [5.41, 5.74) is 7.64. The molecule has 2 unspecified atom stereocenters. The molecule has 1 aromatic rings. The van der Waals surface area contributed by atoms with Gasteiger partial charge >= 0.3 is 0 Å². The van der Waals surface area contributed by atoms with E-state index >= 15 is 0 Å². The molecule has 1 aromatic heterocycles. The maximum atomic E-state index is 6.40.